The van der Waals surface area contributed by atoms with E-state index in [0.717, 1.165) is 5.56 Å². The Morgan fingerprint density at radius 1 is 1.12 bits per heavy atom. The van der Waals surface area contributed by atoms with Gasteiger partial charge in [0.25, 0.3) is 5.56 Å². The van der Waals surface area contributed by atoms with Gasteiger partial charge < -0.3 is 13.7 Å². The maximum atomic E-state index is 13.2. The van der Waals surface area contributed by atoms with Gasteiger partial charge in [0, 0.05) is 10.6 Å². The summed E-state index contributed by atoms with van der Waals surface area (Å²) < 4.78 is 17.7. The van der Waals surface area contributed by atoms with Crippen molar-refractivity contribution in [3.05, 3.63) is 87.9 Å². The molecule has 33 heavy (non-hydrogen) atoms. The minimum Gasteiger partial charge on any atom is -0.497 e. The number of hydrogen-bond donors (Lipinski definition) is 0. The molecule has 0 bridgehead atoms. The molecule has 0 unspecified atom stereocenters. The van der Waals surface area contributed by atoms with Crippen molar-refractivity contribution in [2.45, 2.75) is 17.5 Å². The molecule has 0 aliphatic heterocycles. The van der Waals surface area contributed by atoms with Crippen LogP contribution in [-0.2, 0) is 12.3 Å². The Balaban J connectivity index is 1.45. The molecule has 0 aliphatic carbocycles. The third-order valence-electron chi connectivity index (χ3n) is 4.90. The molecule has 3 aromatic heterocycles. The number of benzene rings is 2. The summed E-state index contributed by atoms with van der Waals surface area (Å²) in [5.74, 6) is 2.54. The van der Waals surface area contributed by atoms with Crippen molar-refractivity contribution in [1.29, 1.82) is 0 Å². The molecule has 2 aromatic carbocycles. The zero-order valence-electron chi connectivity index (χ0n) is 17.4. The fourth-order valence-electron chi connectivity index (χ4n) is 3.30. The smallest absolute Gasteiger partial charge is 0.262 e. The molecule has 0 radical (unpaired) electrons. The van der Waals surface area contributed by atoms with Gasteiger partial charge in [-0.2, -0.15) is 4.98 Å². The van der Waals surface area contributed by atoms with E-state index in [9.17, 15) is 4.79 Å². The van der Waals surface area contributed by atoms with E-state index in [1.54, 1.807) is 42.2 Å². The molecular weight excluding hydrogens is 464 g/mol. The van der Waals surface area contributed by atoms with Crippen molar-refractivity contribution in [2.24, 2.45) is 0 Å². The van der Waals surface area contributed by atoms with Crippen molar-refractivity contribution in [3.8, 4) is 17.1 Å². The first-order chi connectivity index (χ1) is 16.1. The van der Waals surface area contributed by atoms with Gasteiger partial charge in [-0.3, -0.25) is 9.36 Å². The Morgan fingerprint density at radius 3 is 2.85 bits per heavy atom. The lowest BCUT2D eigenvalue weighted by Gasteiger charge is -2.11. The topological polar surface area (TPSA) is 96.2 Å². The van der Waals surface area contributed by atoms with Crippen LogP contribution in [0.25, 0.3) is 22.3 Å². The van der Waals surface area contributed by atoms with Crippen LogP contribution < -0.4 is 10.3 Å². The second-order valence-corrected chi connectivity index (χ2v) is 8.44. The van der Waals surface area contributed by atoms with Gasteiger partial charge in [-0.15, -0.1) is 0 Å². The van der Waals surface area contributed by atoms with Crippen molar-refractivity contribution < 1.29 is 13.7 Å². The molecule has 0 saturated heterocycles. The highest BCUT2D eigenvalue weighted by molar-refractivity contribution is 7.98. The number of ether oxygens (including phenoxy) is 1. The monoisotopic (exact) mass is 480 g/mol. The molecule has 5 rings (SSSR count). The second kappa shape index (κ2) is 9.13. The molecule has 10 heteroatoms. The Bertz CT molecular complexity index is 1480. The summed E-state index contributed by atoms with van der Waals surface area (Å²) >= 11 is 7.44. The number of aromatic nitrogens is 4. The maximum absolute atomic E-state index is 13.2. The van der Waals surface area contributed by atoms with Crippen LogP contribution >= 0.6 is 23.4 Å². The standard InChI is InChI=1S/C23H17ClN4O4S/c1-30-16-5-2-4-14(10-16)21-26-20(32-27-21)13-33-23-25-19-11-15(24)7-8-18(19)22(29)28(23)12-17-6-3-9-31-17/h2-11H,12-13H2,1H3. The zero-order chi connectivity index (χ0) is 22.8. The minimum absolute atomic E-state index is 0.182. The van der Waals surface area contributed by atoms with E-state index in [2.05, 4.69) is 15.1 Å². The number of hydrogen-bond acceptors (Lipinski definition) is 8. The van der Waals surface area contributed by atoms with Gasteiger partial charge in [-0.05, 0) is 42.5 Å². The quantitative estimate of drug-likeness (QED) is 0.236. The van der Waals surface area contributed by atoms with E-state index in [1.165, 1.54) is 11.8 Å². The summed E-state index contributed by atoms with van der Waals surface area (Å²) in [4.78, 5) is 22.3. The van der Waals surface area contributed by atoms with Crippen molar-refractivity contribution >= 4 is 34.3 Å². The van der Waals surface area contributed by atoms with Crippen LogP contribution in [0, 0.1) is 0 Å². The predicted molar refractivity (Wildman–Crippen MR) is 125 cm³/mol. The Morgan fingerprint density at radius 2 is 2.03 bits per heavy atom. The normalized spacial score (nSPS) is 11.2. The van der Waals surface area contributed by atoms with E-state index in [0.29, 0.717) is 50.1 Å². The number of furan rings is 1. The number of nitrogens with zero attached hydrogens (tertiary/aromatic N) is 4. The van der Waals surface area contributed by atoms with Crippen LogP contribution in [0.3, 0.4) is 0 Å². The molecule has 0 spiro atoms. The number of thioether (sulfide) groups is 1. The van der Waals surface area contributed by atoms with Crippen LogP contribution in [0.2, 0.25) is 5.02 Å². The van der Waals surface area contributed by atoms with Gasteiger partial charge >= 0.3 is 0 Å². The summed E-state index contributed by atoms with van der Waals surface area (Å²) in [5, 5.41) is 5.54. The Kier molecular flexibility index (Phi) is 5.89. The summed E-state index contributed by atoms with van der Waals surface area (Å²) in [6.45, 7) is 0.249. The number of fused-ring (bicyclic) bond motifs is 1. The van der Waals surface area contributed by atoms with Gasteiger partial charge in [0.2, 0.25) is 11.7 Å². The molecule has 0 saturated carbocycles. The first kappa shape index (κ1) is 21.3. The largest absolute Gasteiger partial charge is 0.497 e. The molecule has 5 aromatic rings. The van der Waals surface area contributed by atoms with E-state index in [1.807, 2.05) is 30.3 Å². The summed E-state index contributed by atoms with van der Waals surface area (Å²) in [6, 6.07) is 16.0. The predicted octanol–water partition coefficient (Wildman–Crippen LogP) is 5.04. The van der Waals surface area contributed by atoms with Crippen LogP contribution in [0.5, 0.6) is 5.75 Å². The van der Waals surface area contributed by atoms with E-state index in [4.69, 9.17) is 25.3 Å². The lowest BCUT2D eigenvalue weighted by molar-refractivity contribution is 0.391. The molecule has 0 aliphatic rings. The molecule has 0 fully saturated rings. The minimum atomic E-state index is -0.182. The third-order valence-corrected chi connectivity index (χ3v) is 6.09. The number of rotatable bonds is 7. The average molecular weight is 481 g/mol. The summed E-state index contributed by atoms with van der Waals surface area (Å²) in [5.41, 5.74) is 1.12. The van der Waals surface area contributed by atoms with Gasteiger partial charge in [-0.25, -0.2) is 4.98 Å². The van der Waals surface area contributed by atoms with E-state index in [-0.39, 0.29) is 12.1 Å². The van der Waals surface area contributed by atoms with Crippen LogP contribution in [-0.4, -0.2) is 26.8 Å². The fourth-order valence-corrected chi connectivity index (χ4v) is 4.30. The van der Waals surface area contributed by atoms with E-state index >= 15 is 0 Å². The highest BCUT2D eigenvalue weighted by atomic mass is 35.5. The first-order valence-corrected chi connectivity index (χ1v) is 11.3. The summed E-state index contributed by atoms with van der Waals surface area (Å²) in [7, 11) is 1.60. The Labute approximate surface area is 197 Å². The first-order valence-electron chi connectivity index (χ1n) is 9.93. The number of halogens is 1. The van der Waals surface area contributed by atoms with Crippen LogP contribution in [0.15, 0.2) is 79.8 Å². The van der Waals surface area contributed by atoms with Crippen LogP contribution in [0.1, 0.15) is 11.7 Å². The Hall–Kier alpha value is -3.56. The fraction of sp³-hybridized carbons (Fsp3) is 0.130. The molecule has 0 N–H and O–H groups in total. The molecule has 166 valence electrons. The van der Waals surface area contributed by atoms with Gasteiger partial charge in [0.15, 0.2) is 5.16 Å². The SMILES string of the molecule is COc1cccc(-c2noc(CSc3nc4cc(Cl)ccc4c(=O)n3Cc3ccco3)n2)c1. The maximum Gasteiger partial charge on any atom is 0.262 e. The van der Waals surface area contributed by atoms with Crippen molar-refractivity contribution in [2.75, 3.05) is 7.11 Å². The highest BCUT2D eigenvalue weighted by Gasteiger charge is 2.16. The molecule has 8 nitrogen and oxygen atoms in total. The lowest BCUT2D eigenvalue weighted by atomic mass is 10.2. The third kappa shape index (κ3) is 4.50. The average Bonchev–Trinajstić information content (AvgIpc) is 3.52. The van der Waals surface area contributed by atoms with Crippen LogP contribution in [0.4, 0.5) is 0 Å². The lowest BCUT2D eigenvalue weighted by Crippen LogP contribution is -2.23. The zero-order valence-corrected chi connectivity index (χ0v) is 19.0. The molecule has 0 atom stereocenters. The van der Waals surface area contributed by atoms with Gasteiger partial charge in [-0.1, -0.05) is 40.7 Å². The summed E-state index contributed by atoms with van der Waals surface area (Å²) in [6.07, 6.45) is 1.57. The second-order valence-electron chi connectivity index (χ2n) is 7.06. The van der Waals surface area contributed by atoms with Gasteiger partial charge in [0.05, 0.1) is 36.6 Å². The molecule has 0 amide bonds. The molecule has 3 heterocycles. The number of methoxy groups -OCH3 is 1. The van der Waals surface area contributed by atoms with E-state index < -0.39 is 0 Å². The van der Waals surface area contributed by atoms with Crippen molar-refractivity contribution in [3.63, 3.8) is 0 Å². The van der Waals surface area contributed by atoms with Gasteiger partial charge in [0.1, 0.15) is 11.5 Å². The molecular formula is C23H17ClN4O4S. The highest BCUT2D eigenvalue weighted by Crippen LogP contribution is 2.26. The van der Waals surface area contributed by atoms with Crippen molar-refractivity contribution in [1.82, 2.24) is 19.7 Å².